The number of hydrogen-bond donors (Lipinski definition) is 3. The summed E-state index contributed by atoms with van der Waals surface area (Å²) in [6.45, 7) is 6.87. The number of rotatable bonds is 7. The Labute approximate surface area is 147 Å². The van der Waals surface area contributed by atoms with Crippen molar-refractivity contribution >= 4 is 17.7 Å². The largest absolute Gasteiger partial charge is 0.493 e. The summed E-state index contributed by atoms with van der Waals surface area (Å²) in [4.78, 5) is 35.1. The van der Waals surface area contributed by atoms with Crippen LogP contribution in [0.5, 0.6) is 11.5 Å². The highest BCUT2D eigenvalue weighted by atomic mass is 16.5. The van der Waals surface area contributed by atoms with Crippen LogP contribution in [0.15, 0.2) is 18.2 Å². The molecule has 0 aromatic heterocycles. The first-order valence-electron chi connectivity index (χ1n) is 7.75. The van der Waals surface area contributed by atoms with E-state index in [1.807, 2.05) is 20.8 Å². The summed E-state index contributed by atoms with van der Waals surface area (Å²) < 4.78 is 10.4. The molecule has 1 atom stereocenters. The minimum Gasteiger partial charge on any atom is -0.493 e. The highest BCUT2D eigenvalue weighted by Gasteiger charge is 2.21. The highest BCUT2D eigenvalue weighted by molar-refractivity contribution is 5.98. The molecule has 8 nitrogen and oxygen atoms in total. The standard InChI is InChI=1S/C17H25N3O5/c1-10(15(22)20-17(2,3)4)19-16(23)11-6-7-12(13(8-11)24-5)25-9-14(18)21/h6-8,10H,9H2,1-5H3,(H2,18,21)(H,19,23)(H,20,22). The number of nitrogens with one attached hydrogen (secondary N) is 2. The van der Waals surface area contributed by atoms with Crippen LogP contribution in [0.1, 0.15) is 38.1 Å². The van der Waals surface area contributed by atoms with Crippen molar-refractivity contribution in [2.75, 3.05) is 13.7 Å². The summed E-state index contributed by atoms with van der Waals surface area (Å²) in [5.41, 5.74) is 4.93. The number of amides is 3. The van der Waals surface area contributed by atoms with Crippen molar-refractivity contribution in [3.8, 4) is 11.5 Å². The average molecular weight is 351 g/mol. The van der Waals surface area contributed by atoms with Gasteiger partial charge in [-0.1, -0.05) is 0 Å². The summed E-state index contributed by atoms with van der Waals surface area (Å²) in [5, 5.41) is 5.41. The van der Waals surface area contributed by atoms with Crippen molar-refractivity contribution in [1.82, 2.24) is 10.6 Å². The Kier molecular flexibility index (Phi) is 6.78. The number of nitrogens with two attached hydrogens (primary N) is 1. The molecule has 0 radical (unpaired) electrons. The van der Waals surface area contributed by atoms with Crippen molar-refractivity contribution in [2.24, 2.45) is 5.73 Å². The molecule has 0 aliphatic rings. The zero-order valence-corrected chi connectivity index (χ0v) is 15.1. The van der Waals surface area contributed by atoms with Gasteiger partial charge in [-0.05, 0) is 45.9 Å². The molecule has 0 aliphatic carbocycles. The highest BCUT2D eigenvalue weighted by Crippen LogP contribution is 2.28. The van der Waals surface area contributed by atoms with E-state index < -0.39 is 23.4 Å². The number of benzene rings is 1. The number of carbonyl (C=O) groups excluding carboxylic acids is 3. The number of carbonyl (C=O) groups is 3. The van der Waals surface area contributed by atoms with Crippen LogP contribution in [0.2, 0.25) is 0 Å². The summed E-state index contributed by atoms with van der Waals surface area (Å²) in [7, 11) is 1.41. The van der Waals surface area contributed by atoms with Gasteiger partial charge in [0.1, 0.15) is 6.04 Å². The normalized spacial score (nSPS) is 12.0. The molecular weight excluding hydrogens is 326 g/mol. The smallest absolute Gasteiger partial charge is 0.255 e. The number of hydrogen-bond acceptors (Lipinski definition) is 5. The maximum atomic E-state index is 12.3. The van der Waals surface area contributed by atoms with E-state index in [0.717, 1.165) is 0 Å². The molecule has 0 fully saturated rings. The lowest BCUT2D eigenvalue weighted by Gasteiger charge is -2.23. The second-order valence-corrected chi connectivity index (χ2v) is 6.56. The lowest BCUT2D eigenvalue weighted by molar-refractivity contribution is -0.124. The number of primary amides is 1. The molecule has 1 aromatic carbocycles. The van der Waals surface area contributed by atoms with Crippen molar-refractivity contribution < 1.29 is 23.9 Å². The summed E-state index contributed by atoms with van der Waals surface area (Å²) >= 11 is 0. The van der Waals surface area contributed by atoms with Gasteiger partial charge >= 0.3 is 0 Å². The predicted octanol–water partition coefficient (Wildman–Crippen LogP) is 0.592. The van der Waals surface area contributed by atoms with Crippen LogP contribution < -0.4 is 25.8 Å². The van der Waals surface area contributed by atoms with E-state index in [1.165, 1.54) is 25.3 Å². The zero-order chi connectivity index (χ0) is 19.2. The number of methoxy groups -OCH3 is 1. The quantitative estimate of drug-likeness (QED) is 0.664. The second-order valence-electron chi connectivity index (χ2n) is 6.56. The molecule has 3 amide bonds. The third-order valence-corrected chi connectivity index (χ3v) is 3.03. The van der Waals surface area contributed by atoms with Crippen LogP contribution in [0.3, 0.4) is 0 Å². The van der Waals surface area contributed by atoms with Gasteiger partial charge in [-0.15, -0.1) is 0 Å². The molecule has 1 rings (SSSR count). The van der Waals surface area contributed by atoms with Gasteiger partial charge in [0.05, 0.1) is 7.11 Å². The fourth-order valence-electron chi connectivity index (χ4n) is 1.90. The first kappa shape index (κ1) is 20.3. The molecule has 25 heavy (non-hydrogen) atoms. The molecule has 4 N–H and O–H groups in total. The Morgan fingerprint density at radius 3 is 2.36 bits per heavy atom. The van der Waals surface area contributed by atoms with E-state index >= 15 is 0 Å². The first-order valence-corrected chi connectivity index (χ1v) is 7.75. The van der Waals surface area contributed by atoms with Crippen LogP contribution in [-0.2, 0) is 9.59 Å². The van der Waals surface area contributed by atoms with Gasteiger partial charge in [-0.25, -0.2) is 0 Å². The molecular formula is C17H25N3O5. The summed E-state index contributed by atoms with van der Waals surface area (Å²) in [6.07, 6.45) is 0. The van der Waals surface area contributed by atoms with Gasteiger partial charge in [0, 0.05) is 11.1 Å². The molecule has 1 unspecified atom stereocenters. The van der Waals surface area contributed by atoms with Crippen LogP contribution in [0.4, 0.5) is 0 Å². The van der Waals surface area contributed by atoms with E-state index in [2.05, 4.69) is 10.6 Å². The second kappa shape index (κ2) is 8.36. The monoisotopic (exact) mass is 351 g/mol. The van der Waals surface area contributed by atoms with Crippen molar-refractivity contribution in [3.63, 3.8) is 0 Å². The molecule has 0 saturated heterocycles. The van der Waals surface area contributed by atoms with Gasteiger partial charge in [0.2, 0.25) is 5.91 Å². The Balaban J connectivity index is 2.81. The Hall–Kier alpha value is -2.77. The van der Waals surface area contributed by atoms with Crippen LogP contribution in [-0.4, -0.2) is 43.0 Å². The fraction of sp³-hybridized carbons (Fsp3) is 0.471. The summed E-state index contributed by atoms with van der Waals surface area (Å²) in [6, 6.07) is 3.75. The molecule has 8 heteroatoms. The van der Waals surface area contributed by atoms with Gasteiger partial charge in [0.15, 0.2) is 18.1 Å². The van der Waals surface area contributed by atoms with Gasteiger partial charge < -0.3 is 25.8 Å². The predicted molar refractivity (Wildman–Crippen MR) is 92.5 cm³/mol. The van der Waals surface area contributed by atoms with E-state index in [1.54, 1.807) is 6.92 Å². The van der Waals surface area contributed by atoms with E-state index in [9.17, 15) is 14.4 Å². The summed E-state index contributed by atoms with van der Waals surface area (Å²) in [5.74, 6) is -0.773. The zero-order valence-electron chi connectivity index (χ0n) is 15.1. The van der Waals surface area contributed by atoms with E-state index in [4.69, 9.17) is 15.2 Å². The van der Waals surface area contributed by atoms with Crippen molar-refractivity contribution in [2.45, 2.75) is 39.3 Å². The third-order valence-electron chi connectivity index (χ3n) is 3.03. The maximum absolute atomic E-state index is 12.3. The molecule has 0 saturated carbocycles. The SMILES string of the molecule is COc1cc(C(=O)NC(C)C(=O)NC(C)(C)C)ccc1OCC(N)=O. The van der Waals surface area contributed by atoms with E-state index in [0.29, 0.717) is 5.56 Å². The Bertz CT molecular complexity index is 652. The topological polar surface area (TPSA) is 120 Å². The lowest BCUT2D eigenvalue weighted by Crippen LogP contribution is -2.50. The minimum absolute atomic E-state index is 0.278. The van der Waals surface area contributed by atoms with Gasteiger partial charge in [-0.2, -0.15) is 0 Å². The molecule has 0 spiro atoms. The first-order chi connectivity index (χ1) is 11.5. The maximum Gasteiger partial charge on any atom is 0.255 e. The van der Waals surface area contributed by atoms with Gasteiger partial charge in [-0.3, -0.25) is 14.4 Å². The molecule has 0 aliphatic heterocycles. The van der Waals surface area contributed by atoms with Crippen molar-refractivity contribution in [3.05, 3.63) is 23.8 Å². The molecule has 1 aromatic rings. The van der Waals surface area contributed by atoms with E-state index in [-0.39, 0.29) is 24.0 Å². The number of ether oxygens (including phenoxy) is 2. The van der Waals surface area contributed by atoms with Crippen LogP contribution >= 0.6 is 0 Å². The van der Waals surface area contributed by atoms with Crippen LogP contribution in [0.25, 0.3) is 0 Å². The Morgan fingerprint density at radius 2 is 1.84 bits per heavy atom. The molecule has 138 valence electrons. The van der Waals surface area contributed by atoms with Crippen LogP contribution in [0, 0.1) is 0 Å². The average Bonchev–Trinajstić information content (AvgIpc) is 2.50. The molecule has 0 bridgehead atoms. The molecule has 0 heterocycles. The van der Waals surface area contributed by atoms with Gasteiger partial charge in [0.25, 0.3) is 11.8 Å². The fourth-order valence-corrected chi connectivity index (χ4v) is 1.90. The third kappa shape index (κ3) is 6.70. The lowest BCUT2D eigenvalue weighted by atomic mass is 10.1. The Morgan fingerprint density at radius 1 is 1.20 bits per heavy atom. The van der Waals surface area contributed by atoms with Crippen molar-refractivity contribution in [1.29, 1.82) is 0 Å². The minimum atomic E-state index is -0.705.